The third-order valence-electron chi connectivity index (χ3n) is 2.34. The second-order valence-corrected chi connectivity index (χ2v) is 8.04. The van der Waals surface area contributed by atoms with E-state index < -0.39 is 10.0 Å². The molecule has 102 valence electrons. The fourth-order valence-electron chi connectivity index (χ4n) is 1.35. The van der Waals surface area contributed by atoms with Gasteiger partial charge in [0.2, 0.25) is 0 Å². The average Bonchev–Trinajstić information content (AvgIpc) is 2.56. The molecule has 19 heavy (non-hydrogen) atoms. The van der Waals surface area contributed by atoms with Crippen molar-refractivity contribution in [2.24, 2.45) is 0 Å². The number of thiophene rings is 1. The maximum absolute atomic E-state index is 12.2. The number of sulfonamides is 1. The van der Waals surface area contributed by atoms with Crippen LogP contribution in [-0.2, 0) is 10.0 Å². The van der Waals surface area contributed by atoms with Crippen molar-refractivity contribution in [1.82, 2.24) is 0 Å². The molecule has 0 radical (unpaired) electrons. The van der Waals surface area contributed by atoms with Gasteiger partial charge < -0.3 is 0 Å². The van der Waals surface area contributed by atoms with Gasteiger partial charge >= 0.3 is 0 Å². The minimum atomic E-state index is -3.73. The Bertz CT molecular complexity index is 708. The molecule has 0 aliphatic carbocycles. The van der Waals surface area contributed by atoms with E-state index in [0.717, 1.165) is 16.9 Å². The van der Waals surface area contributed by atoms with Crippen LogP contribution >= 0.6 is 46.1 Å². The lowest BCUT2D eigenvalue weighted by Gasteiger charge is -2.08. The van der Waals surface area contributed by atoms with Crippen LogP contribution in [0.2, 0.25) is 13.7 Å². The van der Waals surface area contributed by atoms with E-state index in [0.29, 0.717) is 0 Å². The SMILES string of the molecule is Cc1ccc(S(=O)(=O)Nc2c(Cl)sc(Cl)c2Cl)cc1. The minimum absolute atomic E-state index is 0.104. The Morgan fingerprint density at radius 1 is 1.05 bits per heavy atom. The Balaban J connectivity index is 2.39. The molecular weight excluding hydrogens is 349 g/mol. The fraction of sp³-hybridized carbons (Fsp3) is 0.0909. The lowest BCUT2D eigenvalue weighted by atomic mass is 10.2. The zero-order chi connectivity index (χ0) is 14.2. The Hall–Kier alpha value is -0.460. The summed E-state index contributed by atoms with van der Waals surface area (Å²) in [5, 5.41) is 0.104. The molecule has 0 fully saturated rings. The topological polar surface area (TPSA) is 46.2 Å². The first-order valence-electron chi connectivity index (χ1n) is 5.04. The van der Waals surface area contributed by atoms with E-state index in [1.54, 1.807) is 12.1 Å². The predicted molar refractivity (Wildman–Crippen MR) is 81.3 cm³/mol. The van der Waals surface area contributed by atoms with Gasteiger partial charge in [-0.25, -0.2) is 8.42 Å². The number of hydrogen-bond acceptors (Lipinski definition) is 3. The number of anilines is 1. The van der Waals surface area contributed by atoms with Gasteiger partial charge in [-0.1, -0.05) is 52.5 Å². The standard InChI is InChI=1S/C11H8Cl3NO2S2/c1-6-2-4-7(5-3-6)19(16,17)15-9-8(12)10(13)18-11(9)14/h2-5,15H,1H3. The summed E-state index contributed by atoms with van der Waals surface area (Å²) < 4.78 is 27.1. The molecule has 0 aliphatic rings. The molecule has 0 spiro atoms. The third-order valence-corrected chi connectivity index (χ3v) is 5.90. The van der Waals surface area contributed by atoms with Crippen LogP contribution < -0.4 is 4.72 Å². The summed E-state index contributed by atoms with van der Waals surface area (Å²) in [6.45, 7) is 1.87. The van der Waals surface area contributed by atoms with E-state index in [1.807, 2.05) is 6.92 Å². The van der Waals surface area contributed by atoms with E-state index in [-0.39, 0.29) is 24.3 Å². The highest BCUT2D eigenvalue weighted by molar-refractivity contribution is 7.92. The van der Waals surface area contributed by atoms with Crippen LogP contribution in [0.25, 0.3) is 0 Å². The van der Waals surface area contributed by atoms with Crippen molar-refractivity contribution in [3.05, 3.63) is 43.5 Å². The molecule has 8 heteroatoms. The zero-order valence-corrected chi connectivity index (χ0v) is 13.5. The van der Waals surface area contributed by atoms with Crippen molar-refractivity contribution in [3.63, 3.8) is 0 Å². The summed E-state index contributed by atoms with van der Waals surface area (Å²) in [4.78, 5) is 0.132. The number of benzene rings is 1. The summed E-state index contributed by atoms with van der Waals surface area (Å²) in [6.07, 6.45) is 0. The molecule has 1 aromatic heterocycles. The Morgan fingerprint density at radius 2 is 1.63 bits per heavy atom. The van der Waals surface area contributed by atoms with Gasteiger partial charge in [0.1, 0.15) is 8.67 Å². The molecule has 2 rings (SSSR count). The van der Waals surface area contributed by atoms with Gasteiger partial charge in [0.15, 0.2) is 0 Å². The summed E-state index contributed by atoms with van der Waals surface area (Å²) in [7, 11) is -3.73. The van der Waals surface area contributed by atoms with E-state index >= 15 is 0 Å². The molecular formula is C11H8Cl3NO2S2. The number of aryl methyl sites for hydroxylation is 1. The molecule has 0 unspecified atom stereocenters. The van der Waals surface area contributed by atoms with Gasteiger partial charge in [-0.05, 0) is 19.1 Å². The number of nitrogens with one attached hydrogen (secondary N) is 1. The van der Waals surface area contributed by atoms with Crippen molar-refractivity contribution in [3.8, 4) is 0 Å². The highest BCUT2D eigenvalue weighted by Crippen LogP contribution is 2.44. The zero-order valence-electron chi connectivity index (χ0n) is 9.58. The lowest BCUT2D eigenvalue weighted by molar-refractivity contribution is 0.601. The molecule has 0 saturated heterocycles. The van der Waals surface area contributed by atoms with Crippen LogP contribution in [0, 0.1) is 6.92 Å². The first-order valence-corrected chi connectivity index (χ1v) is 8.47. The van der Waals surface area contributed by atoms with Crippen LogP contribution in [0.15, 0.2) is 29.2 Å². The Kier molecular flexibility index (Phi) is 4.32. The van der Waals surface area contributed by atoms with Crippen LogP contribution in [0.5, 0.6) is 0 Å². The molecule has 0 atom stereocenters. The quantitative estimate of drug-likeness (QED) is 0.857. The van der Waals surface area contributed by atoms with Gasteiger partial charge in [0, 0.05) is 0 Å². The van der Waals surface area contributed by atoms with E-state index in [4.69, 9.17) is 34.8 Å². The first kappa shape index (κ1) is 14.9. The summed E-state index contributed by atoms with van der Waals surface area (Å²) in [6, 6.07) is 6.43. The van der Waals surface area contributed by atoms with E-state index in [2.05, 4.69) is 4.72 Å². The Morgan fingerprint density at radius 3 is 2.11 bits per heavy atom. The lowest BCUT2D eigenvalue weighted by Crippen LogP contribution is -2.12. The third kappa shape index (κ3) is 3.17. The van der Waals surface area contributed by atoms with Gasteiger partial charge in [-0.3, -0.25) is 4.72 Å². The highest BCUT2D eigenvalue weighted by Gasteiger charge is 2.21. The van der Waals surface area contributed by atoms with Gasteiger partial charge in [0.05, 0.1) is 15.6 Å². The molecule has 1 aromatic carbocycles. The number of rotatable bonds is 3. The summed E-state index contributed by atoms with van der Waals surface area (Å²) in [5.74, 6) is 0. The van der Waals surface area contributed by atoms with Crippen molar-refractivity contribution < 1.29 is 8.42 Å². The normalized spacial score (nSPS) is 11.6. The molecule has 1 heterocycles. The first-order chi connectivity index (χ1) is 8.81. The van der Waals surface area contributed by atoms with E-state index in [1.165, 1.54) is 12.1 Å². The number of halogens is 3. The average molecular weight is 357 g/mol. The maximum atomic E-state index is 12.2. The highest BCUT2D eigenvalue weighted by atomic mass is 35.5. The van der Waals surface area contributed by atoms with Crippen LogP contribution in [0.1, 0.15) is 5.56 Å². The van der Waals surface area contributed by atoms with Crippen molar-refractivity contribution >= 4 is 61.9 Å². The largest absolute Gasteiger partial charge is 0.276 e. The molecule has 1 N–H and O–H groups in total. The monoisotopic (exact) mass is 355 g/mol. The molecule has 0 aliphatic heterocycles. The molecule has 3 nitrogen and oxygen atoms in total. The Labute approximate surface area is 130 Å². The summed E-state index contributed by atoms with van der Waals surface area (Å²) >= 11 is 18.6. The second-order valence-electron chi connectivity index (χ2n) is 3.76. The number of hydrogen-bond donors (Lipinski definition) is 1. The smallest absolute Gasteiger partial charge is 0.262 e. The van der Waals surface area contributed by atoms with Gasteiger partial charge in [-0.2, -0.15) is 0 Å². The second kappa shape index (κ2) is 5.50. The minimum Gasteiger partial charge on any atom is -0.276 e. The molecule has 2 aromatic rings. The maximum Gasteiger partial charge on any atom is 0.262 e. The molecule has 0 bridgehead atoms. The summed E-state index contributed by atoms with van der Waals surface area (Å²) in [5.41, 5.74) is 1.08. The van der Waals surface area contributed by atoms with Gasteiger partial charge in [0.25, 0.3) is 10.0 Å². The van der Waals surface area contributed by atoms with E-state index in [9.17, 15) is 8.42 Å². The van der Waals surface area contributed by atoms with Crippen molar-refractivity contribution in [1.29, 1.82) is 0 Å². The van der Waals surface area contributed by atoms with Crippen molar-refractivity contribution in [2.75, 3.05) is 4.72 Å². The molecule has 0 amide bonds. The van der Waals surface area contributed by atoms with Crippen LogP contribution in [-0.4, -0.2) is 8.42 Å². The predicted octanol–water partition coefficient (Wildman–Crippen LogP) is 4.82. The fourth-order valence-corrected chi connectivity index (χ4v) is 4.40. The van der Waals surface area contributed by atoms with Gasteiger partial charge in [-0.15, -0.1) is 11.3 Å². The van der Waals surface area contributed by atoms with Crippen LogP contribution in [0.3, 0.4) is 0 Å². The van der Waals surface area contributed by atoms with Crippen molar-refractivity contribution in [2.45, 2.75) is 11.8 Å². The van der Waals surface area contributed by atoms with Crippen LogP contribution in [0.4, 0.5) is 5.69 Å². The molecule has 0 saturated carbocycles.